The molecule has 0 saturated carbocycles. The third-order valence-corrected chi connectivity index (χ3v) is 7.89. The van der Waals surface area contributed by atoms with Crippen LogP contribution in [0.15, 0.2) is 59.1 Å². The Morgan fingerprint density at radius 1 is 1.13 bits per heavy atom. The monoisotopic (exact) mass is 462 g/mol. The van der Waals surface area contributed by atoms with E-state index in [2.05, 4.69) is 9.97 Å². The molecule has 2 aromatic heterocycles. The van der Waals surface area contributed by atoms with Crippen LogP contribution in [0.25, 0.3) is 10.6 Å². The summed E-state index contributed by atoms with van der Waals surface area (Å²) in [5.74, 6) is -0.0576. The average Bonchev–Trinajstić information content (AvgIpc) is 3.23. The molecule has 1 amide bonds. The number of aromatic nitrogens is 2. The maximum absolute atomic E-state index is 12.8. The van der Waals surface area contributed by atoms with Crippen molar-refractivity contribution >= 4 is 38.9 Å². The molecular formula is C20H19ClN4O3S2. The van der Waals surface area contributed by atoms with Crippen molar-refractivity contribution in [3.05, 3.63) is 64.9 Å². The van der Waals surface area contributed by atoms with Crippen LogP contribution in [-0.4, -0.2) is 59.7 Å². The Balaban J connectivity index is 1.36. The zero-order valence-electron chi connectivity index (χ0n) is 15.9. The summed E-state index contributed by atoms with van der Waals surface area (Å²) in [6.45, 7) is 1.19. The summed E-state index contributed by atoms with van der Waals surface area (Å²) in [4.78, 5) is 23.1. The zero-order chi connectivity index (χ0) is 21.1. The zero-order valence-corrected chi connectivity index (χ0v) is 18.3. The first-order chi connectivity index (χ1) is 14.4. The minimum Gasteiger partial charge on any atom is -0.340 e. The molecule has 1 aromatic carbocycles. The molecule has 156 valence electrons. The highest BCUT2D eigenvalue weighted by Crippen LogP contribution is 2.24. The molecule has 0 spiro atoms. The Kier molecular flexibility index (Phi) is 6.14. The van der Waals surface area contributed by atoms with E-state index < -0.39 is 10.0 Å². The van der Waals surface area contributed by atoms with Crippen LogP contribution in [0.3, 0.4) is 0 Å². The molecule has 1 fully saturated rings. The Bertz CT molecular complexity index is 1140. The summed E-state index contributed by atoms with van der Waals surface area (Å²) in [5, 5.41) is 3.07. The van der Waals surface area contributed by atoms with Crippen molar-refractivity contribution in [1.29, 1.82) is 0 Å². The lowest BCUT2D eigenvalue weighted by atomic mass is 10.2. The fourth-order valence-electron chi connectivity index (χ4n) is 3.23. The predicted molar refractivity (Wildman–Crippen MR) is 116 cm³/mol. The Labute approximate surface area is 184 Å². The van der Waals surface area contributed by atoms with Crippen LogP contribution < -0.4 is 0 Å². The van der Waals surface area contributed by atoms with E-state index in [4.69, 9.17) is 11.6 Å². The summed E-state index contributed by atoms with van der Waals surface area (Å²) in [6, 6.07) is 9.99. The van der Waals surface area contributed by atoms with Gasteiger partial charge in [-0.15, -0.1) is 11.3 Å². The van der Waals surface area contributed by atoms with Crippen LogP contribution in [0, 0.1) is 0 Å². The number of carbonyl (C=O) groups is 1. The SMILES string of the molecule is O=C(Cc1csc(-c2cccnc2)n1)N1CCN(S(=O)(=O)c2cccc(Cl)c2)CC1. The molecule has 4 rings (SSSR count). The molecule has 1 aliphatic heterocycles. The lowest BCUT2D eigenvalue weighted by molar-refractivity contribution is -0.131. The summed E-state index contributed by atoms with van der Waals surface area (Å²) in [7, 11) is -3.63. The molecule has 3 heterocycles. The highest BCUT2D eigenvalue weighted by molar-refractivity contribution is 7.89. The molecule has 7 nitrogen and oxygen atoms in total. The quantitative estimate of drug-likeness (QED) is 0.582. The van der Waals surface area contributed by atoms with Crippen LogP contribution >= 0.6 is 22.9 Å². The van der Waals surface area contributed by atoms with Gasteiger partial charge in [-0.2, -0.15) is 4.31 Å². The molecule has 1 aliphatic rings. The lowest BCUT2D eigenvalue weighted by Gasteiger charge is -2.34. The first kappa shape index (κ1) is 20.9. The number of amides is 1. The van der Waals surface area contributed by atoms with Crippen molar-refractivity contribution in [1.82, 2.24) is 19.2 Å². The van der Waals surface area contributed by atoms with E-state index in [1.807, 2.05) is 17.5 Å². The molecule has 3 aromatic rings. The van der Waals surface area contributed by atoms with Crippen molar-refractivity contribution in [3.63, 3.8) is 0 Å². The van der Waals surface area contributed by atoms with Gasteiger partial charge in [-0.3, -0.25) is 9.78 Å². The number of halogens is 1. The van der Waals surface area contributed by atoms with E-state index >= 15 is 0 Å². The van der Waals surface area contributed by atoms with Crippen LogP contribution in [0.4, 0.5) is 0 Å². The van der Waals surface area contributed by atoms with Crippen molar-refractivity contribution in [2.24, 2.45) is 0 Å². The topological polar surface area (TPSA) is 83.5 Å². The minimum atomic E-state index is -3.63. The van der Waals surface area contributed by atoms with Crippen LogP contribution in [-0.2, 0) is 21.2 Å². The molecule has 0 bridgehead atoms. The van der Waals surface area contributed by atoms with Crippen molar-refractivity contribution < 1.29 is 13.2 Å². The minimum absolute atomic E-state index is 0.0576. The van der Waals surface area contributed by atoms with E-state index in [1.165, 1.54) is 27.8 Å². The number of piperazine rings is 1. The number of hydrogen-bond acceptors (Lipinski definition) is 6. The van der Waals surface area contributed by atoms with Crippen molar-refractivity contribution in [2.75, 3.05) is 26.2 Å². The summed E-state index contributed by atoms with van der Waals surface area (Å²) in [6.07, 6.45) is 3.63. The van der Waals surface area contributed by atoms with Gasteiger partial charge in [0.1, 0.15) is 5.01 Å². The maximum Gasteiger partial charge on any atom is 0.243 e. The van der Waals surface area contributed by atoms with Gasteiger partial charge in [0.25, 0.3) is 0 Å². The van der Waals surface area contributed by atoms with Crippen molar-refractivity contribution in [2.45, 2.75) is 11.3 Å². The number of sulfonamides is 1. The van der Waals surface area contributed by atoms with Gasteiger partial charge >= 0.3 is 0 Å². The standard InChI is InChI=1S/C20H19ClN4O3S2/c21-16-4-1-5-18(11-16)30(27,28)25-9-7-24(8-10-25)19(26)12-17-14-29-20(23-17)15-3-2-6-22-13-15/h1-6,11,13-14H,7-10,12H2. The first-order valence-electron chi connectivity index (χ1n) is 9.32. The predicted octanol–water partition coefficient (Wildman–Crippen LogP) is 2.93. The average molecular weight is 463 g/mol. The lowest BCUT2D eigenvalue weighted by Crippen LogP contribution is -2.50. The second kappa shape index (κ2) is 8.81. The van der Waals surface area contributed by atoms with Crippen LogP contribution in [0.2, 0.25) is 5.02 Å². The fourth-order valence-corrected chi connectivity index (χ4v) is 5.77. The van der Waals surface area contributed by atoms with Gasteiger partial charge in [0.15, 0.2) is 0 Å². The van der Waals surface area contributed by atoms with Crippen molar-refractivity contribution in [3.8, 4) is 10.6 Å². The summed E-state index contributed by atoms with van der Waals surface area (Å²) in [5.41, 5.74) is 1.62. The number of nitrogens with zero attached hydrogens (tertiary/aromatic N) is 4. The smallest absolute Gasteiger partial charge is 0.243 e. The van der Waals surface area contributed by atoms with E-state index in [0.29, 0.717) is 23.8 Å². The fraction of sp³-hybridized carbons (Fsp3) is 0.250. The number of pyridine rings is 1. The largest absolute Gasteiger partial charge is 0.340 e. The Morgan fingerprint density at radius 3 is 2.63 bits per heavy atom. The van der Waals surface area contributed by atoms with Gasteiger partial charge in [0.05, 0.1) is 17.0 Å². The molecule has 10 heteroatoms. The number of carbonyl (C=O) groups excluding carboxylic acids is 1. The second-order valence-corrected chi connectivity index (χ2v) is 10.0. The van der Waals surface area contributed by atoms with E-state index in [9.17, 15) is 13.2 Å². The van der Waals surface area contributed by atoms with Gasteiger partial charge in [0, 0.05) is 54.5 Å². The number of rotatable bonds is 5. The molecule has 0 radical (unpaired) electrons. The molecule has 30 heavy (non-hydrogen) atoms. The number of thiazole rings is 1. The van der Waals surface area contributed by atoms with E-state index in [1.54, 1.807) is 29.4 Å². The number of hydrogen-bond donors (Lipinski definition) is 0. The van der Waals surface area contributed by atoms with Gasteiger partial charge < -0.3 is 4.90 Å². The van der Waals surface area contributed by atoms with Gasteiger partial charge in [-0.05, 0) is 30.3 Å². The molecule has 0 aliphatic carbocycles. The second-order valence-electron chi connectivity index (χ2n) is 6.80. The highest BCUT2D eigenvalue weighted by atomic mass is 35.5. The Morgan fingerprint density at radius 2 is 1.93 bits per heavy atom. The summed E-state index contributed by atoms with van der Waals surface area (Å²) < 4.78 is 27.0. The summed E-state index contributed by atoms with van der Waals surface area (Å²) >= 11 is 7.40. The van der Waals surface area contributed by atoms with Crippen LogP contribution in [0.1, 0.15) is 5.69 Å². The Hall–Kier alpha value is -2.33. The molecule has 0 N–H and O–H groups in total. The molecule has 0 atom stereocenters. The molecule has 0 unspecified atom stereocenters. The van der Waals surface area contributed by atoms with Gasteiger partial charge in [-0.25, -0.2) is 13.4 Å². The first-order valence-corrected chi connectivity index (χ1v) is 12.0. The van der Waals surface area contributed by atoms with Gasteiger partial charge in [0.2, 0.25) is 15.9 Å². The van der Waals surface area contributed by atoms with Crippen LogP contribution in [0.5, 0.6) is 0 Å². The third-order valence-electron chi connectivity index (χ3n) is 4.82. The van der Waals surface area contributed by atoms with E-state index in [-0.39, 0.29) is 30.3 Å². The van der Waals surface area contributed by atoms with E-state index in [0.717, 1.165) is 10.6 Å². The highest BCUT2D eigenvalue weighted by Gasteiger charge is 2.30. The number of benzene rings is 1. The third kappa shape index (κ3) is 4.54. The molecular weight excluding hydrogens is 444 g/mol. The maximum atomic E-state index is 12.8. The van der Waals surface area contributed by atoms with Gasteiger partial charge in [-0.1, -0.05) is 17.7 Å². The molecule has 1 saturated heterocycles. The normalized spacial score (nSPS) is 15.3.